The summed E-state index contributed by atoms with van der Waals surface area (Å²) in [6.07, 6.45) is 0. The smallest absolute Gasteiger partial charge is 0.255 e. The van der Waals surface area contributed by atoms with Gasteiger partial charge in [0, 0.05) is 20.2 Å². The van der Waals surface area contributed by atoms with E-state index < -0.39 is 0 Å². The average molecular weight is 369 g/mol. The third-order valence-corrected chi connectivity index (χ3v) is 3.51. The molecule has 0 aromatic heterocycles. The highest BCUT2D eigenvalue weighted by Crippen LogP contribution is 2.19. The molecule has 0 saturated carbocycles. The Morgan fingerprint density at radius 1 is 1.06 bits per heavy atom. The van der Waals surface area contributed by atoms with E-state index in [0.29, 0.717) is 5.56 Å². The van der Waals surface area contributed by atoms with E-state index in [0.717, 1.165) is 20.2 Å². The number of rotatable bonds is 2. The van der Waals surface area contributed by atoms with Crippen LogP contribution in [0.3, 0.4) is 0 Å². The molecule has 0 saturated heterocycles. The zero-order valence-electron chi connectivity index (χ0n) is 9.71. The number of hydrogen-bond donors (Lipinski definition) is 1. The van der Waals surface area contributed by atoms with E-state index in [9.17, 15) is 4.79 Å². The first kappa shape index (κ1) is 13.3. The molecule has 0 unspecified atom stereocenters. The van der Waals surface area contributed by atoms with Gasteiger partial charge in [-0.2, -0.15) is 0 Å². The zero-order valence-corrected chi connectivity index (χ0v) is 12.9. The van der Waals surface area contributed by atoms with Crippen LogP contribution in [0.5, 0.6) is 0 Å². The first-order valence-corrected chi connectivity index (χ1v) is 6.98. The highest BCUT2D eigenvalue weighted by atomic mass is 79.9. The van der Waals surface area contributed by atoms with Crippen molar-refractivity contribution in [3.63, 3.8) is 0 Å². The van der Waals surface area contributed by atoms with Crippen molar-refractivity contribution in [2.45, 2.75) is 6.92 Å². The van der Waals surface area contributed by atoms with E-state index in [4.69, 9.17) is 0 Å². The fourth-order valence-corrected chi connectivity index (χ4v) is 2.36. The second-order valence-corrected chi connectivity index (χ2v) is 5.76. The van der Waals surface area contributed by atoms with Crippen LogP contribution in [0.2, 0.25) is 0 Å². The standard InChI is InChI=1S/C14H11Br2NO/c1-9-5-6-11(16)8-13(9)14(18)17-12-4-2-3-10(15)7-12/h2-8H,1H3,(H,17,18). The highest BCUT2D eigenvalue weighted by Gasteiger charge is 2.09. The summed E-state index contributed by atoms with van der Waals surface area (Å²) < 4.78 is 1.83. The van der Waals surface area contributed by atoms with Gasteiger partial charge in [0.25, 0.3) is 5.91 Å². The Balaban J connectivity index is 2.24. The minimum Gasteiger partial charge on any atom is -0.322 e. The Morgan fingerprint density at radius 2 is 1.78 bits per heavy atom. The van der Waals surface area contributed by atoms with Crippen molar-refractivity contribution in [1.82, 2.24) is 0 Å². The summed E-state index contributed by atoms with van der Waals surface area (Å²) >= 11 is 6.75. The maximum absolute atomic E-state index is 12.2. The molecule has 0 radical (unpaired) electrons. The Bertz CT molecular complexity index is 596. The van der Waals surface area contributed by atoms with Crippen molar-refractivity contribution in [2.75, 3.05) is 5.32 Å². The SMILES string of the molecule is Cc1ccc(Br)cc1C(=O)Nc1cccc(Br)c1. The van der Waals surface area contributed by atoms with Crippen molar-refractivity contribution in [2.24, 2.45) is 0 Å². The summed E-state index contributed by atoms with van der Waals surface area (Å²) in [4.78, 5) is 12.2. The van der Waals surface area contributed by atoms with Crippen LogP contribution in [0.25, 0.3) is 0 Å². The molecule has 0 aliphatic heterocycles. The third-order valence-electron chi connectivity index (χ3n) is 2.53. The summed E-state index contributed by atoms with van der Waals surface area (Å²) in [6.45, 7) is 1.92. The average Bonchev–Trinajstić information content (AvgIpc) is 2.32. The van der Waals surface area contributed by atoms with Crippen LogP contribution >= 0.6 is 31.9 Å². The first-order chi connectivity index (χ1) is 8.56. The maximum atomic E-state index is 12.2. The first-order valence-electron chi connectivity index (χ1n) is 5.39. The van der Waals surface area contributed by atoms with Crippen molar-refractivity contribution in [3.8, 4) is 0 Å². The summed E-state index contributed by atoms with van der Waals surface area (Å²) in [7, 11) is 0. The molecular weight excluding hydrogens is 358 g/mol. The maximum Gasteiger partial charge on any atom is 0.255 e. The predicted octanol–water partition coefficient (Wildman–Crippen LogP) is 4.77. The molecule has 0 spiro atoms. The molecule has 0 aliphatic rings. The molecular formula is C14H11Br2NO. The second-order valence-electron chi connectivity index (χ2n) is 3.92. The van der Waals surface area contributed by atoms with E-state index in [1.165, 1.54) is 0 Å². The van der Waals surface area contributed by atoms with Gasteiger partial charge in [-0.1, -0.05) is 44.0 Å². The molecule has 2 rings (SSSR count). The summed E-state index contributed by atoms with van der Waals surface area (Å²) in [5.74, 6) is -0.105. The van der Waals surface area contributed by atoms with Crippen LogP contribution in [0, 0.1) is 6.92 Å². The Hall–Kier alpha value is -1.13. The lowest BCUT2D eigenvalue weighted by atomic mass is 10.1. The van der Waals surface area contributed by atoms with Crippen molar-refractivity contribution in [1.29, 1.82) is 0 Å². The minimum atomic E-state index is -0.105. The van der Waals surface area contributed by atoms with Crippen LogP contribution in [0.1, 0.15) is 15.9 Å². The fourth-order valence-electron chi connectivity index (χ4n) is 1.60. The van der Waals surface area contributed by atoms with Gasteiger partial charge in [0.2, 0.25) is 0 Å². The monoisotopic (exact) mass is 367 g/mol. The molecule has 2 aromatic rings. The van der Waals surface area contributed by atoms with Gasteiger partial charge in [-0.25, -0.2) is 0 Å². The molecule has 2 nitrogen and oxygen atoms in total. The summed E-state index contributed by atoms with van der Waals surface area (Å²) in [5, 5.41) is 2.88. The van der Waals surface area contributed by atoms with Gasteiger partial charge in [0.1, 0.15) is 0 Å². The van der Waals surface area contributed by atoms with E-state index in [2.05, 4.69) is 37.2 Å². The lowest BCUT2D eigenvalue weighted by Crippen LogP contribution is -2.13. The number of amides is 1. The lowest BCUT2D eigenvalue weighted by molar-refractivity contribution is 0.102. The minimum absolute atomic E-state index is 0.105. The number of anilines is 1. The predicted molar refractivity (Wildman–Crippen MR) is 81.0 cm³/mol. The van der Waals surface area contributed by atoms with E-state index in [-0.39, 0.29) is 5.91 Å². The highest BCUT2D eigenvalue weighted by molar-refractivity contribution is 9.10. The second kappa shape index (κ2) is 5.67. The third kappa shape index (κ3) is 3.21. The summed E-state index contributed by atoms with van der Waals surface area (Å²) in [6, 6.07) is 13.2. The molecule has 2 aromatic carbocycles. The van der Waals surface area contributed by atoms with Crippen LogP contribution in [-0.2, 0) is 0 Å². The Kier molecular flexibility index (Phi) is 4.19. The molecule has 0 fully saturated rings. The quantitative estimate of drug-likeness (QED) is 0.812. The Morgan fingerprint density at radius 3 is 2.50 bits per heavy atom. The molecule has 4 heteroatoms. The van der Waals surface area contributed by atoms with Crippen LogP contribution in [0.4, 0.5) is 5.69 Å². The van der Waals surface area contributed by atoms with Crippen molar-refractivity contribution in [3.05, 3.63) is 62.5 Å². The number of nitrogens with one attached hydrogen (secondary N) is 1. The Labute approximate surface area is 123 Å². The summed E-state index contributed by atoms with van der Waals surface area (Å²) in [5.41, 5.74) is 2.39. The molecule has 18 heavy (non-hydrogen) atoms. The topological polar surface area (TPSA) is 29.1 Å². The number of carbonyl (C=O) groups excluding carboxylic acids is 1. The van der Waals surface area contributed by atoms with Gasteiger partial charge < -0.3 is 5.32 Å². The van der Waals surface area contributed by atoms with E-state index in [1.54, 1.807) is 0 Å². The number of benzene rings is 2. The molecule has 0 bridgehead atoms. The zero-order chi connectivity index (χ0) is 13.1. The normalized spacial score (nSPS) is 10.2. The van der Waals surface area contributed by atoms with Crippen molar-refractivity contribution < 1.29 is 4.79 Å². The van der Waals surface area contributed by atoms with Gasteiger partial charge in [-0.05, 0) is 42.8 Å². The van der Waals surface area contributed by atoms with Gasteiger partial charge >= 0.3 is 0 Å². The van der Waals surface area contributed by atoms with Gasteiger partial charge in [0.05, 0.1) is 0 Å². The van der Waals surface area contributed by atoms with Crippen LogP contribution in [-0.4, -0.2) is 5.91 Å². The number of halogens is 2. The largest absolute Gasteiger partial charge is 0.322 e. The lowest BCUT2D eigenvalue weighted by Gasteiger charge is -2.08. The van der Waals surface area contributed by atoms with E-state index >= 15 is 0 Å². The number of carbonyl (C=O) groups is 1. The van der Waals surface area contributed by atoms with Gasteiger partial charge in [-0.15, -0.1) is 0 Å². The fraction of sp³-hybridized carbons (Fsp3) is 0.0714. The van der Waals surface area contributed by atoms with E-state index in [1.807, 2.05) is 49.4 Å². The van der Waals surface area contributed by atoms with Gasteiger partial charge in [0.15, 0.2) is 0 Å². The molecule has 0 atom stereocenters. The molecule has 1 amide bonds. The molecule has 92 valence electrons. The number of aryl methyl sites for hydroxylation is 1. The molecule has 1 N–H and O–H groups in total. The van der Waals surface area contributed by atoms with Crippen LogP contribution < -0.4 is 5.32 Å². The van der Waals surface area contributed by atoms with Crippen molar-refractivity contribution >= 4 is 43.5 Å². The molecule has 0 aliphatic carbocycles. The van der Waals surface area contributed by atoms with Crippen LogP contribution in [0.15, 0.2) is 51.4 Å². The van der Waals surface area contributed by atoms with Gasteiger partial charge in [-0.3, -0.25) is 4.79 Å². The molecule has 0 heterocycles. The number of hydrogen-bond acceptors (Lipinski definition) is 1.